The average Bonchev–Trinajstić information content (AvgIpc) is 2.42. The van der Waals surface area contributed by atoms with Crippen LogP contribution < -0.4 is 10.1 Å². The second kappa shape index (κ2) is 8.96. The molecule has 0 atom stereocenters. The second-order valence-electron chi connectivity index (χ2n) is 4.35. The molecule has 0 aliphatic heterocycles. The standard InChI is InChI=1S/C15H21NO4/c1-3-19-15(18)11-16-14(17)8-5-9-20-13-7-4-6-12(2)10-13/h4,6-7,10H,3,5,8-9,11H2,1-2H3,(H,16,17). The second-order valence-corrected chi connectivity index (χ2v) is 4.35. The van der Waals surface area contributed by atoms with Crippen molar-refractivity contribution in [2.45, 2.75) is 26.7 Å². The van der Waals surface area contributed by atoms with E-state index in [1.165, 1.54) is 0 Å². The number of aryl methyl sites for hydroxylation is 1. The Kier molecular flexibility index (Phi) is 7.17. The van der Waals surface area contributed by atoms with Crippen molar-refractivity contribution in [1.82, 2.24) is 5.32 Å². The first-order valence-electron chi connectivity index (χ1n) is 6.73. The maximum atomic E-state index is 11.4. The van der Waals surface area contributed by atoms with Gasteiger partial charge in [-0.25, -0.2) is 0 Å². The van der Waals surface area contributed by atoms with Crippen molar-refractivity contribution < 1.29 is 19.1 Å². The van der Waals surface area contributed by atoms with Crippen molar-refractivity contribution in [2.24, 2.45) is 0 Å². The van der Waals surface area contributed by atoms with Gasteiger partial charge in [0.15, 0.2) is 0 Å². The SMILES string of the molecule is CCOC(=O)CNC(=O)CCCOc1cccc(C)c1. The van der Waals surface area contributed by atoms with Gasteiger partial charge in [0.05, 0.1) is 13.2 Å². The van der Waals surface area contributed by atoms with Crippen LogP contribution in [0.1, 0.15) is 25.3 Å². The highest BCUT2D eigenvalue weighted by molar-refractivity contribution is 5.81. The zero-order valence-corrected chi connectivity index (χ0v) is 12.0. The number of amides is 1. The van der Waals surface area contributed by atoms with Gasteiger partial charge >= 0.3 is 5.97 Å². The number of hydrogen-bond donors (Lipinski definition) is 1. The summed E-state index contributed by atoms with van der Waals surface area (Å²) in [5.41, 5.74) is 1.13. The Bertz CT molecular complexity index is 445. The fraction of sp³-hybridized carbons (Fsp3) is 0.467. The Hall–Kier alpha value is -2.04. The third-order valence-corrected chi connectivity index (χ3v) is 2.54. The zero-order chi connectivity index (χ0) is 14.8. The first-order valence-corrected chi connectivity index (χ1v) is 6.73. The molecule has 0 radical (unpaired) electrons. The maximum absolute atomic E-state index is 11.4. The monoisotopic (exact) mass is 279 g/mol. The van der Waals surface area contributed by atoms with Gasteiger partial charge in [-0.2, -0.15) is 0 Å². The Balaban J connectivity index is 2.11. The number of carbonyl (C=O) groups is 2. The predicted octanol–water partition coefficient (Wildman–Crippen LogP) is 1.83. The zero-order valence-electron chi connectivity index (χ0n) is 12.0. The molecule has 0 fully saturated rings. The lowest BCUT2D eigenvalue weighted by molar-refractivity contribution is -0.143. The molecule has 0 heterocycles. The van der Waals surface area contributed by atoms with Gasteiger partial charge in [0.1, 0.15) is 12.3 Å². The van der Waals surface area contributed by atoms with Gasteiger partial charge in [-0.1, -0.05) is 12.1 Å². The van der Waals surface area contributed by atoms with Crippen LogP contribution in [-0.4, -0.2) is 31.6 Å². The van der Waals surface area contributed by atoms with Crippen LogP contribution in [0.3, 0.4) is 0 Å². The lowest BCUT2D eigenvalue weighted by atomic mass is 10.2. The quantitative estimate of drug-likeness (QED) is 0.582. The number of rotatable bonds is 8. The molecular formula is C15H21NO4. The van der Waals surface area contributed by atoms with Gasteiger partial charge in [-0.3, -0.25) is 9.59 Å². The third kappa shape index (κ3) is 6.78. The van der Waals surface area contributed by atoms with Crippen LogP contribution in [0.5, 0.6) is 5.75 Å². The van der Waals surface area contributed by atoms with Crippen LogP contribution in [0.15, 0.2) is 24.3 Å². The molecule has 0 saturated carbocycles. The molecule has 0 aliphatic carbocycles. The molecule has 110 valence electrons. The van der Waals surface area contributed by atoms with Crippen molar-refractivity contribution in [3.05, 3.63) is 29.8 Å². The van der Waals surface area contributed by atoms with Crippen LogP contribution in [0.25, 0.3) is 0 Å². The van der Waals surface area contributed by atoms with Crippen LogP contribution in [-0.2, 0) is 14.3 Å². The molecule has 5 nitrogen and oxygen atoms in total. The molecule has 5 heteroatoms. The van der Waals surface area contributed by atoms with E-state index in [9.17, 15) is 9.59 Å². The summed E-state index contributed by atoms with van der Waals surface area (Å²) in [5.74, 6) is 0.208. The molecule has 1 aromatic rings. The van der Waals surface area contributed by atoms with Gasteiger partial charge in [-0.15, -0.1) is 0 Å². The van der Waals surface area contributed by atoms with E-state index in [2.05, 4.69) is 5.32 Å². The molecule has 0 spiro atoms. The van der Waals surface area contributed by atoms with Crippen LogP contribution >= 0.6 is 0 Å². The highest BCUT2D eigenvalue weighted by atomic mass is 16.5. The molecule has 0 aromatic heterocycles. The number of esters is 1. The smallest absolute Gasteiger partial charge is 0.325 e. The largest absolute Gasteiger partial charge is 0.494 e. The van der Waals surface area contributed by atoms with Gasteiger partial charge < -0.3 is 14.8 Å². The summed E-state index contributed by atoms with van der Waals surface area (Å²) in [6.07, 6.45) is 0.924. The molecule has 0 unspecified atom stereocenters. The molecular weight excluding hydrogens is 258 g/mol. The highest BCUT2D eigenvalue weighted by Crippen LogP contribution is 2.12. The van der Waals surface area contributed by atoms with E-state index in [1.807, 2.05) is 31.2 Å². The predicted molar refractivity (Wildman–Crippen MR) is 75.6 cm³/mol. The number of ether oxygens (including phenoxy) is 2. The summed E-state index contributed by atoms with van der Waals surface area (Å²) in [4.78, 5) is 22.5. The van der Waals surface area contributed by atoms with Crippen molar-refractivity contribution in [3.63, 3.8) is 0 Å². The highest BCUT2D eigenvalue weighted by Gasteiger charge is 2.05. The first kappa shape index (κ1) is 16.0. The summed E-state index contributed by atoms with van der Waals surface area (Å²) in [7, 11) is 0. The van der Waals surface area contributed by atoms with E-state index in [4.69, 9.17) is 9.47 Å². The van der Waals surface area contributed by atoms with Gasteiger partial charge in [0.2, 0.25) is 5.91 Å². The summed E-state index contributed by atoms with van der Waals surface area (Å²) in [5, 5.41) is 2.51. The summed E-state index contributed by atoms with van der Waals surface area (Å²) in [6, 6.07) is 7.75. The molecule has 1 aromatic carbocycles. The molecule has 1 amide bonds. The van der Waals surface area contributed by atoms with Crippen LogP contribution in [0.2, 0.25) is 0 Å². The topological polar surface area (TPSA) is 64.6 Å². The summed E-state index contributed by atoms with van der Waals surface area (Å²) in [6.45, 7) is 4.43. The van der Waals surface area contributed by atoms with E-state index in [-0.39, 0.29) is 12.5 Å². The molecule has 0 aliphatic rings. The summed E-state index contributed by atoms with van der Waals surface area (Å²) < 4.78 is 10.2. The van der Waals surface area contributed by atoms with E-state index >= 15 is 0 Å². The number of nitrogens with one attached hydrogen (secondary N) is 1. The van der Waals surface area contributed by atoms with Crippen molar-refractivity contribution in [1.29, 1.82) is 0 Å². The fourth-order valence-electron chi connectivity index (χ4n) is 1.60. The lowest BCUT2D eigenvalue weighted by Gasteiger charge is -2.07. The van der Waals surface area contributed by atoms with Gasteiger partial charge in [0.25, 0.3) is 0 Å². The minimum atomic E-state index is -0.420. The Morgan fingerprint density at radius 3 is 2.80 bits per heavy atom. The Morgan fingerprint density at radius 2 is 2.10 bits per heavy atom. The molecule has 0 bridgehead atoms. The van der Waals surface area contributed by atoms with E-state index in [0.29, 0.717) is 26.1 Å². The van der Waals surface area contributed by atoms with Crippen molar-refractivity contribution >= 4 is 11.9 Å². The average molecular weight is 279 g/mol. The van der Waals surface area contributed by atoms with Crippen LogP contribution in [0, 0.1) is 6.92 Å². The van der Waals surface area contributed by atoms with E-state index in [0.717, 1.165) is 11.3 Å². The van der Waals surface area contributed by atoms with Crippen molar-refractivity contribution in [2.75, 3.05) is 19.8 Å². The first-order chi connectivity index (χ1) is 9.61. The number of carbonyl (C=O) groups excluding carboxylic acids is 2. The maximum Gasteiger partial charge on any atom is 0.325 e. The van der Waals surface area contributed by atoms with Crippen LogP contribution in [0.4, 0.5) is 0 Å². The molecule has 1 rings (SSSR count). The fourth-order valence-corrected chi connectivity index (χ4v) is 1.60. The summed E-state index contributed by atoms with van der Waals surface area (Å²) >= 11 is 0. The molecule has 20 heavy (non-hydrogen) atoms. The minimum Gasteiger partial charge on any atom is -0.494 e. The third-order valence-electron chi connectivity index (χ3n) is 2.54. The minimum absolute atomic E-state index is 0.0780. The number of hydrogen-bond acceptors (Lipinski definition) is 4. The van der Waals surface area contributed by atoms with E-state index < -0.39 is 5.97 Å². The van der Waals surface area contributed by atoms with Gasteiger partial charge in [-0.05, 0) is 38.0 Å². The lowest BCUT2D eigenvalue weighted by Crippen LogP contribution is -2.30. The van der Waals surface area contributed by atoms with Crippen molar-refractivity contribution in [3.8, 4) is 5.75 Å². The normalized spacial score (nSPS) is 9.90. The Labute approximate surface area is 119 Å². The molecule has 0 saturated heterocycles. The Morgan fingerprint density at radius 1 is 1.30 bits per heavy atom. The molecule has 1 N–H and O–H groups in total. The van der Waals surface area contributed by atoms with Gasteiger partial charge in [0, 0.05) is 6.42 Å². The van der Waals surface area contributed by atoms with E-state index in [1.54, 1.807) is 6.92 Å². The number of benzene rings is 1.